The van der Waals surface area contributed by atoms with Crippen molar-refractivity contribution in [3.05, 3.63) is 29.8 Å². The molecular formula is C22H36N4O3. The lowest BCUT2D eigenvalue weighted by atomic mass is 9.93. The summed E-state index contributed by atoms with van der Waals surface area (Å²) in [7, 11) is 1.67. The first-order valence-electron chi connectivity index (χ1n) is 10.5. The van der Waals surface area contributed by atoms with Crippen LogP contribution in [0.3, 0.4) is 0 Å². The number of hydrogen-bond acceptors (Lipinski definition) is 5. The smallest absolute Gasteiger partial charge is 0.242 e. The molecule has 0 radical (unpaired) electrons. The number of ether oxygens (including phenoxy) is 1. The van der Waals surface area contributed by atoms with Gasteiger partial charge in [-0.3, -0.25) is 14.5 Å². The highest BCUT2D eigenvalue weighted by molar-refractivity contribution is 5.87. The van der Waals surface area contributed by atoms with Crippen LogP contribution >= 0.6 is 0 Å². The van der Waals surface area contributed by atoms with Gasteiger partial charge in [0.25, 0.3) is 0 Å². The third kappa shape index (κ3) is 6.72. The predicted octanol–water partition coefficient (Wildman–Crippen LogP) is 1.61. The van der Waals surface area contributed by atoms with Gasteiger partial charge in [-0.1, -0.05) is 26.0 Å². The van der Waals surface area contributed by atoms with E-state index in [0.29, 0.717) is 32.0 Å². The Morgan fingerprint density at radius 1 is 1.38 bits per heavy atom. The molecule has 7 heteroatoms. The average molecular weight is 405 g/mol. The molecule has 0 aliphatic carbocycles. The van der Waals surface area contributed by atoms with E-state index in [9.17, 15) is 9.59 Å². The molecule has 29 heavy (non-hydrogen) atoms. The fourth-order valence-electron chi connectivity index (χ4n) is 4.03. The summed E-state index contributed by atoms with van der Waals surface area (Å²) in [5.74, 6) is 1.18. The summed E-state index contributed by atoms with van der Waals surface area (Å²) in [6, 6.07) is 7.89. The summed E-state index contributed by atoms with van der Waals surface area (Å²) in [6.45, 7) is 9.06. The van der Waals surface area contributed by atoms with Crippen LogP contribution in [0.15, 0.2) is 24.3 Å². The first kappa shape index (κ1) is 23.2. The highest BCUT2D eigenvalue weighted by atomic mass is 16.5. The summed E-state index contributed by atoms with van der Waals surface area (Å²) < 4.78 is 5.36. The number of rotatable bonds is 9. The maximum atomic E-state index is 12.7. The number of hydrogen-bond donors (Lipinski definition) is 2. The lowest BCUT2D eigenvalue weighted by Gasteiger charge is -2.43. The van der Waals surface area contributed by atoms with Crippen molar-refractivity contribution in [1.82, 2.24) is 15.1 Å². The molecule has 1 aromatic rings. The zero-order chi connectivity index (χ0) is 21.4. The topological polar surface area (TPSA) is 87.9 Å². The molecule has 1 aliphatic rings. The summed E-state index contributed by atoms with van der Waals surface area (Å²) >= 11 is 0. The van der Waals surface area contributed by atoms with Crippen molar-refractivity contribution in [1.29, 1.82) is 0 Å². The molecule has 1 aliphatic heterocycles. The molecule has 0 saturated carbocycles. The molecule has 1 unspecified atom stereocenters. The fourth-order valence-corrected chi connectivity index (χ4v) is 4.03. The second kappa shape index (κ2) is 11.2. The van der Waals surface area contributed by atoms with Gasteiger partial charge < -0.3 is 20.7 Å². The summed E-state index contributed by atoms with van der Waals surface area (Å²) in [5.41, 5.74) is 6.71. The van der Waals surface area contributed by atoms with E-state index < -0.39 is 6.04 Å². The minimum absolute atomic E-state index is 0.0560. The van der Waals surface area contributed by atoms with Gasteiger partial charge in [0, 0.05) is 45.7 Å². The van der Waals surface area contributed by atoms with Gasteiger partial charge in [0.1, 0.15) is 11.8 Å². The first-order chi connectivity index (χ1) is 13.8. The van der Waals surface area contributed by atoms with Crippen LogP contribution in [-0.2, 0) is 16.1 Å². The van der Waals surface area contributed by atoms with Crippen LogP contribution in [0.25, 0.3) is 0 Å². The Labute approximate surface area is 174 Å². The molecule has 0 bridgehead atoms. The lowest BCUT2D eigenvalue weighted by molar-refractivity contribution is -0.142. The Balaban J connectivity index is 2.18. The second-order valence-electron chi connectivity index (χ2n) is 8.16. The van der Waals surface area contributed by atoms with E-state index in [2.05, 4.69) is 36.2 Å². The molecule has 1 saturated heterocycles. The molecule has 2 amide bonds. The van der Waals surface area contributed by atoms with Crippen LogP contribution in [0.1, 0.15) is 39.2 Å². The summed E-state index contributed by atoms with van der Waals surface area (Å²) in [4.78, 5) is 28.9. The van der Waals surface area contributed by atoms with Gasteiger partial charge in [-0.2, -0.15) is 0 Å². The Kier molecular flexibility index (Phi) is 8.92. The van der Waals surface area contributed by atoms with Crippen LogP contribution < -0.4 is 15.8 Å². The van der Waals surface area contributed by atoms with Crippen molar-refractivity contribution in [2.24, 2.45) is 11.7 Å². The number of nitrogens with two attached hydrogens (primary N) is 1. The Morgan fingerprint density at radius 2 is 2.14 bits per heavy atom. The van der Waals surface area contributed by atoms with E-state index in [1.807, 2.05) is 12.1 Å². The number of carbonyl (C=O) groups excluding carboxylic acids is 2. The third-order valence-corrected chi connectivity index (χ3v) is 5.36. The zero-order valence-corrected chi connectivity index (χ0v) is 18.2. The van der Waals surface area contributed by atoms with Gasteiger partial charge in [0.2, 0.25) is 11.8 Å². The predicted molar refractivity (Wildman–Crippen MR) is 115 cm³/mol. The standard InChI is InChI=1S/C22H36N4O3/c1-16(2)14-25(15-18-6-5-7-20(12-18)29-4)19-8-11-26(17(3)27)21(13-19)22(28)24-10-9-23/h5-7,12,16,19,21H,8-11,13-15,23H2,1-4H3,(H,24,28)/t19?,21-/m1/s1. The van der Waals surface area contributed by atoms with E-state index in [0.717, 1.165) is 25.3 Å². The lowest BCUT2D eigenvalue weighted by Crippen LogP contribution is -2.57. The van der Waals surface area contributed by atoms with Gasteiger partial charge >= 0.3 is 0 Å². The minimum atomic E-state index is -0.447. The number of nitrogens with zero attached hydrogens (tertiary/aromatic N) is 2. The van der Waals surface area contributed by atoms with E-state index >= 15 is 0 Å². The van der Waals surface area contributed by atoms with Crippen LogP contribution in [0.2, 0.25) is 0 Å². The van der Waals surface area contributed by atoms with E-state index in [-0.39, 0.29) is 17.9 Å². The van der Waals surface area contributed by atoms with Crippen molar-refractivity contribution in [3.63, 3.8) is 0 Å². The highest BCUT2D eigenvalue weighted by Gasteiger charge is 2.37. The van der Waals surface area contributed by atoms with Crippen molar-refractivity contribution in [3.8, 4) is 5.75 Å². The van der Waals surface area contributed by atoms with Crippen LogP contribution in [0.5, 0.6) is 5.75 Å². The zero-order valence-electron chi connectivity index (χ0n) is 18.2. The number of carbonyl (C=O) groups is 2. The summed E-state index contributed by atoms with van der Waals surface area (Å²) in [5, 5.41) is 2.86. The second-order valence-corrected chi connectivity index (χ2v) is 8.16. The molecule has 0 spiro atoms. The number of benzene rings is 1. The Morgan fingerprint density at radius 3 is 2.76 bits per heavy atom. The van der Waals surface area contributed by atoms with Gasteiger partial charge in [-0.25, -0.2) is 0 Å². The van der Waals surface area contributed by atoms with Crippen LogP contribution in [-0.4, -0.2) is 67.0 Å². The van der Waals surface area contributed by atoms with Gasteiger partial charge in [0.05, 0.1) is 7.11 Å². The highest BCUT2D eigenvalue weighted by Crippen LogP contribution is 2.26. The molecule has 7 nitrogen and oxygen atoms in total. The third-order valence-electron chi connectivity index (χ3n) is 5.36. The molecule has 162 valence electrons. The van der Waals surface area contributed by atoms with Crippen LogP contribution in [0, 0.1) is 5.92 Å². The van der Waals surface area contributed by atoms with Crippen molar-refractivity contribution in [2.75, 3.05) is 33.3 Å². The monoisotopic (exact) mass is 404 g/mol. The minimum Gasteiger partial charge on any atom is -0.497 e. The van der Waals surface area contributed by atoms with Crippen molar-refractivity contribution >= 4 is 11.8 Å². The van der Waals surface area contributed by atoms with E-state index in [1.54, 1.807) is 12.0 Å². The number of nitrogens with one attached hydrogen (secondary N) is 1. The van der Waals surface area contributed by atoms with Crippen molar-refractivity contribution in [2.45, 2.75) is 52.2 Å². The molecule has 1 fully saturated rings. The number of likely N-dealkylation sites (tertiary alicyclic amines) is 1. The quantitative estimate of drug-likeness (QED) is 0.653. The van der Waals surface area contributed by atoms with Gasteiger partial charge in [-0.05, 0) is 36.5 Å². The van der Waals surface area contributed by atoms with Crippen molar-refractivity contribution < 1.29 is 14.3 Å². The normalized spacial score (nSPS) is 19.5. The number of methoxy groups -OCH3 is 1. The summed E-state index contributed by atoms with van der Waals surface area (Å²) in [6.07, 6.45) is 1.49. The van der Waals surface area contributed by atoms with E-state index in [4.69, 9.17) is 10.5 Å². The maximum absolute atomic E-state index is 12.7. The average Bonchev–Trinajstić information content (AvgIpc) is 2.70. The Hall–Kier alpha value is -2.12. The maximum Gasteiger partial charge on any atom is 0.242 e. The first-order valence-corrected chi connectivity index (χ1v) is 10.5. The molecule has 1 heterocycles. The van der Waals surface area contributed by atoms with Gasteiger partial charge in [0.15, 0.2) is 0 Å². The van der Waals surface area contributed by atoms with Gasteiger partial charge in [-0.15, -0.1) is 0 Å². The SMILES string of the molecule is COc1cccc(CN(CC(C)C)C2CCN(C(C)=O)[C@@H](C(=O)NCCN)C2)c1. The van der Waals surface area contributed by atoms with E-state index in [1.165, 1.54) is 12.5 Å². The molecule has 2 atom stereocenters. The Bertz CT molecular complexity index is 680. The largest absolute Gasteiger partial charge is 0.497 e. The fraction of sp³-hybridized carbons (Fsp3) is 0.636. The molecule has 2 rings (SSSR count). The molecule has 3 N–H and O–H groups in total. The number of amides is 2. The molecular weight excluding hydrogens is 368 g/mol. The van der Waals surface area contributed by atoms with Crippen LogP contribution in [0.4, 0.5) is 0 Å². The molecule has 1 aromatic carbocycles. The number of piperidine rings is 1. The molecule has 0 aromatic heterocycles.